The van der Waals surface area contributed by atoms with Gasteiger partial charge in [0.25, 0.3) is 15.9 Å². The molecule has 0 aliphatic rings. The number of ether oxygens (including phenoxy) is 2. The molecular weight excluding hydrogens is 414 g/mol. The topological polar surface area (TPSA) is 107 Å². The van der Waals surface area contributed by atoms with Crippen LogP contribution in [0.2, 0.25) is 0 Å². The molecule has 2 N–H and O–H groups in total. The Labute approximate surface area is 172 Å². The van der Waals surface area contributed by atoms with Crippen molar-refractivity contribution in [3.8, 4) is 11.5 Å². The Bertz CT molecular complexity index is 1130. The molecule has 1 aromatic heterocycles. The van der Waals surface area contributed by atoms with E-state index in [2.05, 4.69) is 15.0 Å². The van der Waals surface area contributed by atoms with Crippen LogP contribution in [-0.4, -0.2) is 33.5 Å². The number of rotatable bonds is 7. The van der Waals surface area contributed by atoms with Gasteiger partial charge in [-0.3, -0.25) is 9.52 Å². The summed E-state index contributed by atoms with van der Waals surface area (Å²) in [4.78, 5) is 17.3. The molecule has 10 heteroatoms. The third kappa shape index (κ3) is 4.66. The number of carbonyl (C=O) groups excluding carboxylic acids is 1. The number of hydrogen-bond donors (Lipinski definition) is 2. The van der Waals surface area contributed by atoms with E-state index >= 15 is 0 Å². The molecule has 1 heterocycles. The van der Waals surface area contributed by atoms with Gasteiger partial charge in [0.2, 0.25) is 0 Å². The fourth-order valence-corrected chi connectivity index (χ4v) is 4.63. The molecule has 0 radical (unpaired) electrons. The number of amides is 1. The number of carbonyl (C=O) groups is 1. The summed E-state index contributed by atoms with van der Waals surface area (Å²) in [5.41, 5.74) is 0.830. The van der Waals surface area contributed by atoms with Crippen LogP contribution in [0, 0.1) is 6.92 Å². The van der Waals surface area contributed by atoms with Crippen molar-refractivity contribution in [1.29, 1.82) is 0 Å². The molecule has 0 atom stereocenters. The van der Waals surface area contributed by atoms with Gasteiger partial charge < -0.3 is 14.8 Å². The normalized spacial score (nSPS) is 11.0. The summed E-state index contributed by atoms with van der Waals surface area (Å²) in [5.74, 6) is 0.585. The minimum Gasteiger partial charge on any atom is -0.497 e. The van der Waals surface area contributed by atoms with Crippen molar-refractivity contribution >= 4 is 38.1 Å². The van der Waals surface area contributed by atoms with Gasteiger partial charge in [0, 0.05) is 6.07 Å². The standard InChI is InChI=1S/C19H19N3O5S2/c1-12-17(18(23)21-15-11-13(26-2)9-10-16(15)27-3)28-19(20-12)22-29(24,25)14-7-5-4-6-8-14/h4-11H,1-3H3,(H,20,22)(H,21,23). The van der Waals surface area contributed by atoms with Gasteiger partial charge in [0.1, 0.15) is 16.4 Å². The molecule has 0 unspecified atom stereocenters. The second kappa shape index (κ2) is 8.50. The number of aryl methyl sites for hydroxylation is 1. The molecule has 0 fully saturated rings. The predicted octanol–water partition coefficient (Wildman–Crippen LogP) is 3.52. The van der Waals surface area contributed by atoms with Crippen molar-refractivity contribution in [3.05, 3.63) is 59.1 Å². The van der Waals surface area contributed by atoms with Crippen LogP contribution in [0.4, 0.5) is 10.8 Å². The lowest BCUT2D eigenvalue weighted by atomic mass is 10.2. The Hall–Kier alpha value is -3.11. The van der Waals surface area contributed by atoms with Crippen LogP contribution >= 0.6 is 11.3 Å². The molecule has 1 amide bonds. The summed E-state index contributed by atoms with van der Waals surface area (Å²) >= 11 is 0.946. The van der Waals surface area contributed by atoms with E-state index in [4.69, 9.17) is 9.47 Å². The van der Waals surface area contributed by atoms with Crippen molar-refractivity contribution in [2.24, 2.45) is 0 Å². The molecule has 3 aromatic rings. The lowest BCUT2D eigenvalue weighted by Crippen LogP contribution is -2.12. The zero-order valence-electron chi connectivity index (χ0n) is 15.9. The van der Waals surface area contributed by atoms with Gasteiger partial charge in [-0.15, -0.1) is 0 Å². The van der Waals surface area contributed by atoms with E-state index in [1.54, 1.807) is 43.3 Å². The zero-order chi connectivity index (χ0) is 21.0. The van der Waals surface area contributed by atoms with Crippen molar-refractivity contribution in [2.75, 3.05) is 24.3 Å². The van der Waals surface area contributed by atoms with Crippen molar-refractivity contribution < 1.29 is 22.7 Å². The Morgan fingerprint density at radius 3 is 2.45 bits per heavy atom. The molecule has 0 saturated carbocycles. The number of anilines is 2. The predicted molar refractivity (Wildman–Crippen MR) is 112 cm³/mol. The minimum atomic E-state index is -3.79. The average Bonchev–Trinajstić information content (AvgIpc) is 3.08. The van der Waals surface area contributed by atoms with Crippen molar-refractivity contribution in [3.63, 3.8) is 0 Å². The Balaban J connectivity index is 1.83. The lowest BCUT2D eigenvalue weighted by molar-refractivity contribution is 0.102. The van der Waals surface area contributed by atoms with Crippen LogP contribution in [-0.2, 0) is 10.0 Å². The summed E-state index contributed by atoms with van der Waals surface area (Å²) in [6.07, 6.45) is 0. The van der Waals surface area contributed by atoms with E-state index in [-0.39, 0.29) is 14.9 Å². The highest BCUT2D eigenvalue weighted by molar-refractivity contribution is 7.93. The van der Waals surface area contributed by atoms with Crippen LogP contribution in [0.25, 0.3) is 0 Å². The molecule has 0 aliphatic heterocycles. The van der Waals surface area contributed by atoms with Gasteiger partial charge in [-0.25, -0.2) is 13.4 Å². The van der Waals surface area contributed by atoms with E-state index in [1.807, 2.05) is 0 Å². The van der Waals surface area contributed by atoms with Crippen molar-refractivity contribution in [2.45, 2.75) is 11.8 Å². The maximum Gasteiger partial charge on any atom is 0.267 e. The van der Waals surface area contributed by atoms with E-state index in [0.717, 1.165) is 11.3 Å². The van der Waals surface area contributed by atoms with E-state index in [9.17, 15) is 13.2 Å². The van der Waals surface area contributed by atoms with E-state index < -0.39 is 15.9 Å². The fraction of sp³-hybridized carbons (Fsp3) is 0.158. The molecule has 29 heavy (non-hydrogen) atoms. The number of methoxy groups -OCH3 is 2. The molecule has 152 valence electrons. The maximum absolute atomic E-state index is 12.7. The molecule has 0 spiro atoms. The molecule has 2 aromatic carbocycles. The van der Waals surface area contributed by atoms with Crippen LogP contribution in [0.3, 0.4) is 0 Å². The van der Waals surface area contributed by atoms with Gasteiger partial charge in [-0.1, -0.05) is 29.5 Å². The highest BCUT2D eigenvalue weighted by Crippen LogP contribution is 2.31. The van der Waals surface area contributed by atoms with Crippen LogP contribution < -0.4 is 19.5 Å². The molecule has 0 aliphatic carbocycles. The van der Waals surface area contributed by atoms with Gasteiger partial charge in [0.05, 0.1) is 30.5 Å². The number of aromatic nitrogens is 1. The summed E-state index contributed by atoms with van der Waals surface area (Å²) in [6, 6.07) is 12.9. The van der Waals surface area contributed by atoms with Crippen LogP contribution in [0.1, 0.15) is 15.4 Å². The number of nitrogens with zero attached hydrogens (tertiary/aromatic N) is 1. The van der Waals surface area contributed by atoms with Gasteiger partial charge in [0.15, 0.2) is 5.13 Å². The first kappa shape index (κ1) is 20.6. The van der Waals surface area contributed by atoms with Crippen molar-refractivity contribution in [1.82, 2.24) is 4.98 Å². The highest BCUT2D eigenvalue weighted by atomic mass is 32.2. The first-order valence-electron chi connectivity index (χ1n) is 8.42. The molecule has 0 saturated heterocycles. The minimum absolute atomic E-state index is 0.106. The second-order valence-corrected chi connectivity index (χ2v) is 8.55. The number of benzene rings is 2. The summed E-state index contributed by atoms with van der Waals surface area (Å²) in [6.45, 7) is 1.63. The van der Waals surface area contributed by atoms with Crippen LogP contribution in [0.15, 0.2) is 53.4 Å². The summed E-state index contributed by atoms with van der Waals surface area (Å²) in [5, 5.41) is 2.86. The third-order valence-electron chi connectivity index (χ3n) is 3.93. The summed E-state index contributed by atoms with van der Waals surface area (Å²) < 4.78 is 37.8. The quantitative estimate of drug-likeness (QED) is 0.590. The van der Waals surface area contributed by atoms with E-state index in [0.29, 0.717) is 22.9 Å². The number of sulfonamides is 1. The number of thiazole rings is 1. The maximum atomic E-state index is 12.7. The van der Waals surface area contributed by atoms with Gasteiger partial charge in [-0.05, 0) is 31.2 Å². The first-order valence-corrected chi connectivity index (χ1v) is 10.7. The van der Waals surface area contributed by atoms with Crippen LogP contribution in [0.5, 0.6) is 11.5 Å². The second-order valence-electron chi connectivity index (χ2n) is 5.87. The Kier molecular flexibility index (Phi) is 6.04. The Morgan fingerprint density at radius 1 is 1.07 bits per heavy atom. The Morgan fingerprint density at radius 2 is 1.79 bits per heavy atom. The first-order chi connectivity index (χ1) is 13.8. The molecule has 0 bridgehead atoms. The molecule has 3 rings (SSSR count). The number of nitrogens with one attached hydrogen (secondary N) is 2. The lowest BCUT2D eigenvalue weighted by Gasteiger charge is -2.11. The highest BCUT2D eigenvalue weighted by Gasteiger charge is 2.21. The number of hydrogen-bond acceptors (Lipinski definition) is 7. The van der Waals surface area contributed by atoms with Gasteiger partial charge >= 0.3 is 0 Å². The fourth-order valence-electron chi connectivity index (χ4n) is 2.52. The average molecular weight is 434 g/mol. The van der Waals surface area contributed by atoms with E-state index in [1.165, 1.54) is 26.4 Å². The smallest absolute Gasteiger partial charge is 0.267 e. The largest absolute Gasteiger partial charge is 0.497 e. The summed E-state index contributed by atoms with van der Waals surface area (Å²) in [7, 11) is -0.780. The SMILES string of the molecule is COc1ccc(OC)c(NC(=O)c2sc(NS(=O)(=O)c3ccccc3)nc2C)c1. The third-order valence-corrected chi connectivity index (χ3v) is 6.49. The monoisotopic (exact) mass is 433 g/mol. The molecule has 8 nitrogen and oxygen atoms in total. The van der Waals surface area contributed by atoms with Gasteiger partial charge in [-0.2, -0.15) is 0 Å². The zero-order valence-corrected chi connectivity index (χ0v) is 17.6. The molecular formula is C19H19N3O5S2.